The van der Waals surface area contributed by atoms with Crippen LogP contribution in [0.2, 0.25) is 5.02 Å². The Morgan fingerprint density at radius 1 is 1.13 bits per heavy atom. The highest BCUT2D eigenvalue weighted by molar-refractivity contribution is 6.33. The van der Waals surface area contributed by atoms with Crippen LogP contribution < -0.4 is 0 Å². The molecule has 4 rings (SSSR count). The lowest BCUT2D eigenvalue weighted by atomic mass is 10.2. The molecule has 0 amide bonds. The number of halogens is 1. The van der Waals surface area contributed by atoms with Crippen molar-refractivity contribution in [2.45, 2.75) is 26.9 Å². The van der Waals surface area contributed by atoms with Gasteiger partial charge >= 0.3 is 5.97 Å². The number of pyridine rings is 1. The van der Waals surface area contributed by atoms with E-state index in [9.17, 15) is 4.79 Å². The van der Waals surface area contributed by atoms with E-state index >= 15 is 0 Å². The number of ether oxygens (including phenoxy) is 1. The molecule has 0 radical (unpaired) electrons. The Kier molecular flexibility index (Phi) is 5.33. The van der Waals surface area contributed by atoms with Gasteiger partial charge in [0.05, 0.1) is 10.7 Å². The van der Waals surface area contributed by atoms with Crippen LogP contribution in [0.3, 0.4) is 0 Å². The van der Waals surface area contributed by atoms with Gasteiger partial charge in [-0.3, -0.25) is 0 Å². The number of aromatic nitrogens is 5. The Morgan fingerprint density at radius 3 is 2.60 bits per heavy atom. The summed E-state index contributed by atoms with van der Waals surface area (Å²) in [7, 11) is 0. The topological polar surface area (TPSA) is 95.9 Å². The second kappa shape index (κ2) is 8.08. The fourth-order valence-electron chi connectivity index (χ4n) is 2.92. The molecule has 0 saturated heterocycles. The summed E-state index contributed by atoms with van der Waals surface area (Å²) >= 11 is 6.19. The minimum atomic E-state index is -0.780. The number of aryl methyl sites for hydroxylation is 2. The van der Waals surface area contributed by atoms with Gasteiger partial charge in [0.15, 0.2) is 17.6 Å². The lowest BCUT2D eigenvalue weighted by Gasteiger charge is -2.11. The van der Waals surface area contributed by atoms with E-state index in [-0.39, 0.29) is 16.6 Å². The molecule has 0 N–H and O–H groups in total. The maximum atomic E-state index is 12.7. The van der Waals surface area contributed by atoms with Crippen LogP contribution in [0.15, 0.2) is 52.9 Å². The van der Waals surface area contributed by atoms with Crippen molar-refractivity contribution in [2.75, 3.05) is 0 Å². The molecule has 0 aliphatic rings. The predicted molar refractivity (Wildman–Crippen MR) is 109 cm³/mol. The van der Waals surface area contributed by atoms with Crippen molar-refractivity contribution >= 4 is 17.6 Å². The van der Waals surface area contributed by atoms with Crippen molar-refractivity contribution < 1.29 is 13.9 Å². The summed E-state index contributed by atoms with van der Waals surface area (Å²) in [5.41, 5.74) is 2.48. The van der Waals surface area contributed by atoms with E-state index in [1.165, 1.54) is 0 Å². The van der Waals surface area contributed by atoms with Crippen LogP contribution in [-0.4, -0.2) is 30.9 Å². The first-order valence-corrected chi connectivity index (χ1v) is 9.60. The van der Waals surface area contributed by atoms with E-state index in [1.807, 2.05) is 50.2 Å². The molecule has 30 heavy (non-hydrogen) atoms. The average Bonchev–Trinajstić information content (AvgIpc) is 3.35. The molecular weight excluding hydrogens is 406 g/mol. The van der Waals surface area contributed by atoms with E-state index in [4.69, 9.17) is 20.8 Å². The summed E-state index contributed by atoms with van der Waals surface area (Å²) < 4.78 is 12.7. The average molecular weight is 424 g/mol. The fourth-order valence-corrected chi connectivity index (χ4v) is 3.10. The summed E-state index contributed by atoms with van der Waals surface area (Å²) in [6, 6.07) is 14.5. The van der Waals surface area contributed by atoms with Crippen molar-refractivity contribution in [2.24, 2.45) is 0 Å². The number of nitrogens with zero attached hydrogens (tertiary/aromatic N) is 5. The number of carbonyl (C=O) groups excluding carboxylic acids is 1. The molecule has 4 aromatic rings. The Morgan fingerprint density at radius 2 is 1.90 bits per heavy atom. The van der Waals surface area contributed by atoms with Crippen molar-refractivity contribution in [1.82, 2.24) is 25.0 Å². The molecule has 0 aliphatic carbocycles. The zero-order chi connectivity index (χ0) is 21.3. The van der Waals surface area contributed by atoms with Crippen LogP contribution in [-0.2, 0) is 4.74 Å². The minimum absolute atomic E-state index is 0.0173. The van der Waals surface area contributed by atoms with Gasteiger partial charge in [-0.25, -0.2) is 14.5 Å². The number of rotatable bonds is 5. The second-order valence-electron chi connectivity index (χ2n) is 6.70. The lowest BCUT2D eigenvalue weighted by molar-refractivity contribution is 0.0273. The number of esters is 1. The van der Waals surface area contributed by atoms with Crippen molar-refractivity contribution in [1.29, 1.82) is 0 Å². The SMILES string of the molecule is Cc1cc(C)n(-c2ccc(Cl)c(C(=O)OC(C)c3nnc(-c4ccccc4)o3)n2)n1. The van der Waals surface area contributed by atoms with E-state index < -0.39 is 12.1 Å². The van der Waals surface area contributed by atoms with Gasteiger partial charge in [0, 0.05) is 11.3 Å². The van der Waals surface area contributed by atoms with Crippen molar-refractivity contribution in [3.63, 3.8) is 0 Å². The molecule has 0 aliphatic heterocycles. The molecule has 0 spiro atoms. The highest BCUT2D eigenvalue weighted by Crippen LogP contribution is 2.24. The Bertz CT molecular complexity index is 1200. The first kappa shape index (κ1) is 19.8. The van der Waals surface area contributed by atoms with Gasteiger partial charge < -0.3 is 9.15 Å². The molecule has 8 nitrogen and oxygen atoms in total. The second-order valence-corrected chi connectivity index (χ2v) is 7.10. The maximum Gasteiger partial charge on any atom is 0.359 e. The summed E-state index contributed by atoms with van der Waals surface area (Å²) in [4.78, 5) is 17.1. The zero-order valence-corrected chi connectivity index (χ0v) is 17.3. The maximum absolute atomic E-state index is 12.7. The van der Waals surface area contributed by atoms with Gasteiger partial charge in [-0.05, 0) is 51.1 Å². The molecule has 152 valence electrons. The molecule has 0 fully saturated rings. The van der Waals surface area contributed by atoms with E-state index in [0.717, 1.165) is 17.0 Å². The predicted octanol–water partition coefficient (Wildman–Crippen LogP) is 4.51. The van der Waals surface area contributed by atoms with E-state index in [1.54, 1.807) is 23.7 Å². The summed E-state index contributed by atoms with van der Waals surface area (Å²) in [6.07, 6.45) is -0.780. The molecule has 0 bridgehead atoms. The van der Waals surface area contributed by atoms with E-state index in [2.05, 4.69) is 20.3 Å². The third kappa shape index (κ3) is 3.95. The van der Waals surface area contributed by atoms with Crippen LogP contribution in [0, 0.1) is 13.8 Å². The quantitative estimate of drug-likeness (QED) is 0.436. The van der Waals surface area contributed by atoms with Gasteiger partial charge in [0.25, 0.3) is 5.89 Å². The number of hydrogen-bond acceptors (Lipinski definition) is 7. The van der Waals surface area contributed by atoms with Crippen LogP contribution in [0.1, 0.15) is 40.8 Å². The van der Waals surface area contributed by atoms with Gasteiger partial charge in [0.2, 0.25) is 5.89 Å². The van der Waals surface area contributed by atoms with E-state index in [0.29, 0.717) is 11.7 Å². The molecule has 3 heterocycles. The highest BCUT2D eigenvalue weighted by Gasteiger charge is 2.23. The molecule has 9 heteroatoms. The van der Waals surface area contributed by atoms with Gasteiger partial charge in [-0.15, -0.1) is 10.2 Å². The first-order valence-electron chi connectivity index (χ1n) is 9.22. The largest absolute Gasteiger partial charge is 0.448 e. The van der Waals surface area contributed by atoms with Crippen molar-refractivity contribution in [3.8, 4) is 17.3 Å². The Hall–Kier alpha value is -3.52. The first-order chi connectivity index (χ1) is 14.4. The van der Waals surface area contributed by atoms with Gasteiger partial charge in [-0.1, -0.05) is 29.8 Å². The molecule has 3 aromatic heterocycles. The summed E-state index contributed by atoms with van der Waals surface area (Å²) in [6.45, 7) is 5.42. The number of carbonyl (C=O) groups is 1. The Labute approximate surface area is 177 Å². The van der Waals surface area contributed by atoms with Gasteiger partial charge in [-0.2, -0.15) is 5.10 Å². The summed E-state index contributed by atoms with van der Waals surface area (Å²) in [5, 5.41) is 12.5. The smallest absolute Gasteiger partial charge is 0.359 e. The van der Waals surface area contributed by atoms with Gasteiger partial charge in [0.1, 0.15) is 0 Å². The number of hydrogen-bond donors (Lipinski definition) is 0. The van der Waals surface area contributed by atoms with Crippen molar-refractivity contribution in [3.05, 3.63) is 76.5 Å². The fraction of sp³-hybridized carbons (Fsp3) is 0.190. The number of benzene rings is 1. The molecule has 1 aromatic carbocycles. The van der Waals surface area contributed by atoms with Crippen LogP contribution >= 0.6 is 11.6 Å². The molecule has 1 unspecified atom stereocenters. The molecular formula is C21H18ClN5O3. The third-order valence-corrected chi connectivity index (χ3v) is 4.65. The third-order valence-electron chi connectivity index (χ3n) is 4.34. The lowest BCUT2D eigenvalue weighted by Crippen LogP contribution is -2.14. The molecule has 1 atom stereocenters. The Balaban J connectivity index is 1.54. The monoisotopic (exact) mass is 423 g/mol. The van der Waals surface area contributed by atoms with Crippen LogP contribution in [0.4, 0.5) is 0 Å². The normalized spacial score (nSPS) is 12.0. The summed E-state index contributed by atoms with van der Waals surface area (Å²) in [5.74, 6) is 0.285. The molecule has 0 saturated carbocycles. The van der Waals surface area contributed by atoms with Crippen LogP contribution in [0.25, 0.3) is 17.3 Å². The highest BCUT2D eigenvalue weighted by atomic mass is 35.5. The standard InChI is InChI=1S/C21H18ClN5O3/c1-12-11-13(2)27(26-12)17-10-9-16(22)18(23-17)21(28)29-14(3)19-24-25-20(30-19)15-7-5-4-6-8-15/h4-11,14H,1-3H3. The van der Waals surface area contributed by atoms with Crippen LogP contribution in [0.5, 0.6) is 0 Å². The zero-order valence-electron chi connectivity index (χ0n) is 16.5. The minimum Gasteiger partial charge on any atom is -0.448 e.